The molecule has 0 radical (unpaired) electrons. The average molecular weight is 295 g/mol. The Hall–Kier alpha value is -0.0800. The Morgan fingerprint density at radius 3 is 2.10 bits per heavy atom. The molecule has 2 rings (SSSR count). The van der Waals surface area contributed by atoms with Crippen LogP contribution in [0.1, 0.15) is 72.6 Å². The lowest BCUT2D eigenvalue weighted by Gasteiger charge is -2.42. The van der Waals surface area contributed by atoms with E-state index in [0.29, 0.717) is 11.5 Å². The smallest absolute Gasteiger partial charge is 0.0246 e. The van der Waals surface area contributed by atoms with E-state index in [2.05, 4.69) is 32.6 Å². The number of rotatable bonds is 7. The van der Waals surface area contributed by atoms with E-state index in [4.69, 9.17) is 5.73 Å². The third-order valence-corrected chi connectivity index (χ3v) is 5.95. The number of nitrogens with zero attached hydrogens (tertiary/aromatic N) is 1. The van der Waals surface area contributed by atoms with Crippen LogP contribution in [0.15, 0.2) is 0 Å². The largest absolute Gasteiger partial charge is 0.329 e. The van der Waals surface area contributed by atoms with Gasteiger partial charge in [-0.25, -0.2) is 0 Å². The van der Waals surface area contributed by atoms with Crippen LogP contribution in [0.2, 0.25) is 0 Å². The average Bonchev–Trinajstić information content (AvgIpc) is 3.23. The van der Waals surface area contributed by atoms with E-state index >= 15 is 0 Å². The van der Waals surface area contributed by atoms with Crippen LogP contribution in [0.5, 0.6) is 0 Å². The summed E-state index contributed by atoms with van der Waals surface area (Å²) in [6.07, 6.45) is 9.79. The quantitative estimate of drug-likeness (QED) is 0.759. The molecular formula is C19H38N2. The van der Waals surface area contributed by atoms with Crippen LogP contribution in [0.25, 0.3) is 0 Å². The first kappa shape index (κ1) is 17.3. The fourth-order valence-electron chi connectivity index (χ4n) is 4.32. The van der Waals surface area contributed by atoms with E-state index < -0.39 is 0 Å². The molecule has 0 aliphatic heterocycles. The van der Waals surface area contributed by atoms with Gasteiger partial charge in [-0.3, -0.25) is 4.90 Å². The summed E-state index contributed by atoms with van der Waals surface area (Å²) < 4.78 is 0. The van der Waals surface area contributed by atoms with Gasteiger partial charge < -0.3 is 5.73 Å². The molecule has 124 valence electrons. The highest BCUT2D eigenvalue weighted by molar-refractivity contribution is 4.89. The molecule has 0 spiro atoms. The van der Waals surface area contributed by atoms with E-state index in [1.54, 1.807) is 0 Å². The minimum absolute atomic E-state index is 0.486. The summed E-state index contributed by atoms with van der Waals surface area (Å²) in [6.45, 7) is 13.0. The number of hydrogen-bond donors (Lipinski definition) is 1. The van der Waals surface area contributed by atoms with Crippen LogP contribution in [0.4, 0.5) is 0 Å². The van der Waals surface area contributed by atoms with Gasteiger partial charge in [0, 0.05) is 19.1 Å². The molecule has 0 saturated heterocycles. The minimum atomic E-state index is 0.486. The lowest BCUT2D eigenvalue weighted by molar-refractivity contribution is 0.0788. The molecule has 2 aliphatic rings. The van der Waals surface area contributed by atoms with E-state index in [1.165, 1.54) is 58.0 Å². The molecule has 2 heteroatoms. The first-order valence-corrected chi connectivity index (χ1v) is 9.39. The lowest BCUT2D eigenvalue weighted by Crippen LogP contribution is -2.48. The summed E-state index contributed by atoms with van der Waals surface area (Å²) in [4.78, 5) is 2.75. The third kappa shape index (κ3) is 4.96. The predicted octanol–water partition coefficient (Wildman–Crippen LogP) is 4.29. The highest BCUT2D eigenvalue weighted by Crippen LogP contribution is 2.41. The highest BCUT2D eigenvalue weighted by Gasteiger charge is 2.35. The minimum Gasteiger partial charge on any atom is -0.329 e. The Kier molecular flexibility index (Phi) is 6.14. The van der Waals surface area contributed by atoms with Gasteiger partial charge in [0.2, 0.25) is 0 Å². The summed E-state index contributed by atoms with van der Waals surface area (Å²) in [6, 6.07) is 0.645. The van der Waals surface area contributed by atoms with Gasteiger partial charge in [-0.2, -0.15) is 0 Å². The van der Waals surface area contributed by atoms with Crippen molar-refractivity contribution in [3.8, 4) is 0 Å². The van der Waals surface area contributed by atoms with Crippen LogP contribution in [-0.4, -0.2) is 30.6 Å². The molecule has 0 amide bonds. The van der Waals surface area contributed by atoms with Crippen molar-refractivity contribution in [3.63, 3.8) is 0 Å². The van der Waals surface area contributed by atoms with Gasteiger partial charge in [-0.05, 0) is 74.7 Å². The second-order valence-electron chi connectivity index (χ2n) is 8.72. The van der Waals surface area contributed by atoms with E-state index in [9.17, 15) is 0 Å². The Bertz CT molecular complexity index is 295. The molecule has 0 heterocycles. The Balaban J connectivity index is 1.90. The molecule has 1 atom stereocenters. The highest BCUT2D eigenvalue weighted by atomic mass is 15.2. The second-order valence-corrected chi connectivity index (χ2v) is 8.72. The zero-order valence-electron chi connectivity index (χ0n) is 14.9. The zero-order valence-corrected chi connectivity index (χ0v) is 14.9. The first-order chi connectivity index (χ1) is 9.95. The van der Waals surface area contributed by atoms with Crippen LogP contribution >= 0.6 is 0 Å². The second kappa shape index (κ2) is 7.46. The third-order valence-electron chi connectivity index (χ3n) is 5.95. The van der Waals surface area contributed by atoms with Crippen molar-refractivity contribution in [2.45, 2.75) is 78.7 Å². The van der Waals surface area contributed by atoms with Crippen molar-refractivity contribution in [3.05, 3.63) is 0 Å². The number of hydrogen-bond acceptors (Lipinski definition) is 2. The van der Waals surface area contributed by atoms with Crippen molar-refractivity contribution < 1.29 is 0 Å². The fraction of sp³-hybridized carbons (Fsp3) is 1.00. The Labute approximate surface area is 132 Å². The van der Waals surface area contributed by atoms with Gasteiger partial charge in [0.05, 0.1) is 0 Å². The maximum absolute atomic E-state index is 6.21. The molecule has 2 fully saturated rings. The summed E-state index contributed by atoms with van der Waals surface area (Å²) >= 11 is 0. The van der Waals surface area contributed by atoms with Crippen LogP contribution in [0, 0.1) is 23.2 Å². The van der Waals surface area contributed by atoms with E-state index in [0.717, 1.165) is 24.3 Å². The number of nitrogens with two attached hydrogens (primary N) is 1. The van der Waals surface area contributed by atoms with Crippen molar-refractivity contribution in [1.82, 2.24) is 4.90 Å². The molecule has 0 aromatic heterocycles. The molecule has 2 aliphatic carbocycles. The molecule has 2 saturated carbocycles. The topological polar surface area (TPSA) is 29.3 Å². The maximum atomic E-state index is 6.21. The van der Waals surface area contributed by atoms with E-state index in [-0.39, 0.29) is 0 Å². The van der Waals surface area contributed by atoms with E-state index in [1.807, 2.05) is 0 Å². The molecule has 1 unspecified atom stereocenters. The molecule has 0 bridgehead atoms. The molecule has 0 aromatic carbocycles. The molecule has 21 heavy (non-hydrogen) atoms. The summed E-state index contributed by atoms with van der Waals surface area (Å²) in [5.74, 6) is 2.74. The van der Waals surface area contributed by atoms with Crippen molar-refractivity contribution in [1.29, 1.82) is 0 Å². The predicted molar refractivity (Wildman–Crippen MR) is 92.3 cm³/mol. The van der Waals surface area contributed by atoms with Gasteiger partial charge in [0.1, 0.15) is 0 Å². The SMILES string of the molecule is CCCN(CC1CC1)C(CN)C1CCC(C(C)(C)C)CC1. The summed E-state index contributed by atoms with van der Waals surface area (Å²) in [7, 11) is 0. The van der Waals surface area contributed by atoms with Gasteiger partial charge in [0.25, 0.3) is 0 Å². The van der Waals surface area contributed by atoms with Gasteiger partial charge in [-0.1, -0.05) is 27.7 Å². The standard InChI is InChI=1S/C19H38N2/c1-5-12-21(14-15-6-7-15)18(13-20)16-8-10-17(11-9-16)19(2,3)4/h15-18H,5-14,20H2,1-4H3. The van der Waals surface area contributed by atoms with Crippen LogP contribution in [0.3, 0.4) is 0 Å². The summed E-state index contributed by atoms with van der Waals surface area (Å²) in [5.41, 5.74) is 6.70. The Morgan fingerprint density at radius 1 is 1.05 bits per heavy atom. The fourth-order valence-corrected chi connectivity index (χ4v) is 4.32. The van der Waals surface area contributed by atoms with Gasteiger partial charge >= 0.3 is 0 Å². The van der Waals surface area contributed by atoms with Crippen LogP contribution in [-0.2, 0) is 0 Å². The lowest BCUT2D eigenvalue weighted by atomic mass is 9.68. The maximum Gasteiger partial charge on any atom is 0.0246 e. The summed E-state index contributed by atoms with van der Waals surface area (Å²) in [5, 5.41) is 0. The van der Waals surface area contributed by atoms with Crippen molar-refractivity contribution in [2.75, 3.05) is 19.6 Å². The normalized spacial score (nSPS) is 28.9. The first-order valence-electron chi connectivity index (χ1n) is 9.39. The van der Waals surface area contributed by atoms with Crippen LogP contribution < -0.4 is 5.73 Å². The molecular weight excluding hydrogens is 256 g/mol. The van der Waals surface area contributed by atoms with Crippen molar-refractivity contribution in [2.24, 2.45) is 28.9 Å². The molecule has 0 aromatic rings. The van der Waals surface area contributed by atoms with Gasteiger partial charge in [0.15, 0.2) is 0 Å². The van der Waals surface area contributed by atoms with Gasteiger partial charge in [-0.15, -0.1) is 0 Å². The monoisotopic (exact) mass is 294 g/mol. The molecule has 2 N–H and O–H groups in total. The Morgan fingerprint density at radius 2 is 1.67 bits per heavy atom. The molecule has 2 nitrogen and oxygen atoms in total. The van der Waals surface area contributed by atoms with Crippen molar-refractivity contribution >= 4 is 0 Å². The zero-order chi connectivity index (χ0) is 15.5.